The molecule has 184 valence electrons. The van der Waals surface area contributed by atoms with Gasteiger partial charge in [0.05, 0.1) is 32.2 Å². The van der Waals surface area contributed by atoms with Crippen LogP contribution in [0.4, 0.5) is 11.4 Å². The van der Waals surface area contributed by atoms with Gasteiger partial charge in [0.2, 0.25) is 5.91 Å². The number of carbonyl (C=O) groups is 2. The third-order valence-electron chi connectivity index (χ3n) is 5.40. The predicted molar refractivity (Wildman–Crippen MR) is 139 cm³/mol. The highest BCUT2D eigenvalue weighted by Gasteiger charge is 2.13. The molecule has 8 nitrogen and oxygen atoms in total. The van der Waals surface area contributed by atoms with Crippen LogP contribution in [0.2, 0.25) is 0 Å². The van der Waals surface area contributed by atoms with Gasteiger partial charge in [0.25, 0.3) is 5.91 Å². The molecule has 0 aliphatic rings. The van der Waals surface area contributed by atoms with Gasteiger partial charge in [-0.15, -0.1) is 0 Å². The summed E-state index contributed by atoms with van der Waals surface area (Å²) >= 11 is 0. The number of rotatable bonds is 10. The third kappa shape index (κ3) is 6.50. The minimum Gasteiger partial charge on any atom is -0.497 e. The normalized spacial score (nSPS) is 10.5. The fourth-order valence-electron chi connectivity index (χ4n) is 3.68. The highest BCUT2D eigenvalue weighted by Crippen LogP contribution is 2.24. The van der Waals surface area contributed by atoms with Crippen LogP contribution in [0, 0.1) is 0 Å². The number of hydrogen-bond donors (Lipinski definition) is 2. The smallest absolute Gasteiger partial charge is 0.275 e. The summed E-state index contributed by atoms with van der Waals surface area (Å²) in [5.41, 5.74) is 3.51. The number of carbonyl (C=O) groups excluding carboxylic acids is 2. The maximum Gasteiger partial charge on any atom is 0.275 e. The van der Waals surface area contributed by atoms with E-state index < -0.39 is 0 Å². The van der Waals surface area contributed by atoms with Crippen molar-refractivity contribution in [1.29, 1.82) is 0 Å². The van der Waals surface area contributed by atoms with Crippen LogP contribution in [0.3, 0.4) is 0 Å². The van der Waals surface area contributed by atoms with Crippen molar-refractivity contribution < 1.29 is 19.1 Å². The number of amides is 2. The van der Waals surface area contributed by atoms with Crippen LogP contribution in [-0.2, 0) is 17.8 Å². The fourth-order valence-corrected chi connectivity index (χ4v) is 3.68. The Balaban J connectivity index is 1.32. The molecule has 3 aromatic carbocycles. The standard InChI is InChI=1S/C28H28N4O4/c1-3-36-26-10-5-4-9-24(26)31-28(34)25-18-32(19-29-25)17-20-11-13-22(14-12-20)30-27(33)16-21-7-6-8-23(15-21)35-2/h4-15,18-19H,3,16-17H2,1-2H3,(H,30,33)(H,31,34). The first-order chi connectivity index (χ1) is 17.5. The minimum atomic E-state index is -0.310. The number of methoxy groups -OCH3 is 1. The summed E-state index contributed by atoms with van der Waals surface area (Å²) in [6, 6.07) is 22.3. The lowest BCUT2D eigenvalue weighted by molar-refractivity contribution is -0.115. The number of para-hydroxylation sites is 2. The van der Waals surface area contributed by atoms with Crippen molar-refractivity contribution in [2.75, 3.05) is 24.4 Å². The Hall–Kier alpha value is -4.59. The van der Waals surface area contributed by atoms with Crippen molar-refractivity contribution in [3.63, 3.8) is 0 Å². The summed E-state index contributed by atoms with van der Waals surface area (Å²) in [6.07, 6.45) is 3.57. The number of benzene rings is 3. The topological polar surface area (TPSA) is 94.5 Å². The Kier molecular flexibility index (Phi) is 7.97. The maximum absolute atomic E-state index is 12.7. The summed E-state index contributed by atoms with van der Waals surface area (Å²) in [5.74, 6) is 0.922. The Bertz CT molecular complexity index is 1330. The van der Waals surface area contributed by atoms with Crippen molar-refractivity contribution >= 4 is 23.2 Å². The molecule has 0 radical (unpaired) electrons. The van der Waals surface area contributed by atoms with Crippen molar-refractivity contribution in [3.05, 3.63) is 102 Å². The SMILES string of the molecule is CCOc1ccccc1NC(=O)c1cn(Cc2ccc(NC(=O)Cc3cccc(OC)c3)cc2)cn1. The third-order valence-corrected chi connectivity index (χ3v) is 5.40. The molecular weight excluding hydrogens is 456 g/mol. The predicted octanol–water partition coefficient (Wildman–Crippen LogP) is 4.77. The van der Waals surface area contributed by atoms with E-state index in [0.717, 1.165) is 16.9 Å². The zero-order valence-electron chi connectivity index (χ0n) is 20.2. The van der Waals surface area contributed by atoms with Crippen LogP contribution in [0.5, 0.6) is 11.5 Å². The summed E-state index contributed by atoms with van der Waals surface area (Å²) in [4.78, 5) is 29.3. The van der Waals surface area contributed by atoms with Gasteiger partial charge in [-0.2, -0.15) is 0 Å². The first-order valence-electron chi connectivity index (χ1n) is 11.6. The van der Waals surface area contributed by atoms with Crippen LogP contribution in [-0.4, -0.2) is 35.1 Å². The van der Waals surface area contributed by atoms with Crippen LogP contribution < -0.4 is 20.1 Å². The first-order valence-corrected chi connectivity index (χ1v) is 11.6. The van der Waals surface area contributed by atoms with E-state index in [4.69, 9.17) is 9.47 Å². The number of imidazole rings is 1. The van der Waals surface area contributed by atoms with Gasteiger partial charge in [0, 0.05) is 18.4 Å². The van der Waals surface area contributed by atoms with E-state index >= 15 is 0 Å². The number of nitrogens with zero attached hydrogens (tertiary/aromatic N) is 2. The molecule has 0 fully saturated rings. The van der Waals surface area contributed by atoms with Gasteiger partial charge in [0.15, 0.2) is 0 Å². The lowest BCUT2D eigenvalue weighted by Gasteiger charge is -2.10. The van der Waals surface area contributed by atoms with Crippen LogP contribution in [0.1, 0.15) is 28.5 Å². The molecule has 0 atom stereocenters. The monoisotopic (exact) mass is 484 g/mol. The van der Waals surface area contributed by atoms with Gasteiger partial charge in [-0.05, 0) is 54.4 Å². The van der Waals surface area contributed by atoms with Crippen LogP contribution in [0.15, 0.2) is 85.3 Å². The zero-order chi connectivity index (χ0) is 25.3. The number of ether oxygens (including phenoxy) is 2. The summed E-state index contributed by atoms with van der Waals surface area (Å²) in [6.45, 7) is 2.93. The summed E-state index contributed by atoms with van der Waals surface area (Å²) in [7, 11) is 1.60. The molecule has 0 aliphatic heterocycles. The lowest BCUT2D eigenvalue weighted by Crippen LogP contribution is -2.14. The van der Waals surface area contributed by atoms with Crippen molar-refractivity contribution in [2.45, 2.75) is 19.9 Å². The molecule has 4 aromatic rings. The van der Waals surface area contributed by atoms with E-state index in [1.807, 2.05) is 78.2 Å². The largest absolute Gasteiger partial charge is 0.497 e. The first kappa shape index (κ1) is 24.5. The summed E-state index contributed by atoms with van der Waals surface area (Å²) in [5, 5.41) is 5.76. The van der Waals surface area contributed by atoms with E-state index in [0.29, 0.717) is 36.0 Å². The average Bonchev–Trinajstić information content (AvgIpc) is 3.35. The molecule has 0 saturated carbocycles. The fraction of sp³-hybridized carbons (Fsp3) is 0.179. The number of nitrogens with one attached hydrogen (secondary N) is 2. The molecule has 0 unspecified atom stereocenters. The highest BCUT2D eigenvalue weighted by atomic mass is 16.5. The van der Waals surface area contributed by atoms with E-state index in [1.54, 1.807) is 25.7 Å². The van der Waals surface area contributed by atoms with Crippen molar-refractivity contribution in [3.8, 4) is 11.5 Å². The van der Waals surface area contributed by atoms with E-state index in [9.17, 15) is 9.59 Å². The molecule has 36 heavy (non-hydrogen) atoms. The molecule has 2 amide bonds. The maximum atomic E-state index is 12.7. The molecule has 1 aromatic heterocycles. The molecule has 0 bridgehead atoms. The van der Waals surface area contributed by atoms with Gasteiger partial charge in [0.1, 0.15) is 17.2 Å². The van der Waals surface area contributed by atoms with Crippen molar-refractivity contribution in [1.82, 2.24) is 9.55 Å². The molecule has 0 aliphatic carbocycles. The Morgan fingerprint density at radius 2 is 1.75 bits per heavy atom. The number of hydrogen-bond acceptors (Lipinski definition) is 5. The molecule has 4 rings (SSSR count). The van der Waals surface area contributed by atoms with Crippen LogP contribution in [0.25, 0.3) is 0 Å². The molecular formula is C28H28N4O4. The highest BCUT2D eigenvalue weighted by molar-refractivity contribution is 6.03. The second-order valence-corrected chi connectivity index (χ2v) is 8.09. The zero-order valence-corrected chi connectivity index (χ0v) is 20.2. The van der Waals surface area contributed by atoms with Crippen molar-refractivity contribution in [2.24, 2.45) is 0 Å². The lowest BCUT2D eigenvalue weighted by atomic mass is 10.1. The molecule has 2 N–H and O–H groups in total. The number of aromatic nitrogens is 2. The van der Waals surface area contributed by atoms with Gasteiger partial charge < -0.3 is 24.7 Å². The summed E-state index contributed by atoms with van der Waals surface area (Å²) < 4.78 is 12.6. The molecule has 1 heterocycles. The molecule has 0 spiro atoms. The van der Waals surface area contributed by atoms with Gasteiger partial charge in [-0.3, -0.25) is 9.59 Å². The molecule has 0 saturated heterocycles. The Morgan fingerprint density at radius 1 is 0.944 bits per heavy atom. The second-order valence-electron chi connectivity index (χ2n) is 8.09. The van der Waals surface area contributed by atoms with Gasteiger partial charge in [-0.25, -0.2) is 4.98 Å². The Labute approximate surface area is 209 Å². The van der Waals surface area contributed by atoms with E-state index in [-0.39, 0.29) is 18.2 Å². The van der Waals surface area contributed by atoms with Gasteiger partial charge >= 0.3 is 0 Å². The van der Waals surface area contributed by atoms with E-state index in [1.165, 1.54) is 0 Å². The second kappa shape index (κ2) is 11.7. The number of anilines is 2. The van der Waals surface area contributed by atoms with E-state index in [2.05, 4.69) is 15.6 Å². The average molecular weight is 485 g/mol. The molecule has 8 heteroatoms. The Morgan fingerprint density at radius 3 is 2.53 bits per heavy atom. The van der Waals surface area contributed by atoms with Gasteiger partial charge in [-0.1, -0.05) is 36.4 Å². The quantitative estimate of drug-likeness (QED) is 0.338. The minimum absolute atomic E-state index is 0.104. The van der Waals surface area contributed by atoms with Crippen LogP contribution >= 0.6 is 0 Å².